The van der Waals surface area contributed by atoms with Gasteiger partial charge in [-0.15, -0.1) is 0 Å². The van der Waals surface area contributed by atoms with E-state index in [9.17, 15) is 4.79 Å². The van der Waals surface area contributed by atoms with Gasteiger partial charge in [0.05, 0.1) is 17.9 Å². The molecule has 3 aromatic heterocycles. The van der Waals surface area contributed by atoms with Crippen LogP contribution in [0, 0.1) is 6.92 Å². The first-order valence-electron chi connectivity index (χ1n) is 13.2. The lowest BCUT2D eigenvalue weighted by Gasteiger charge is -2.41. The van der Waals surface area contributed by atoms with Gasteiger partial charge in [-0.25, -0.2) is 14.8 Å². The van der Waals surface area contributed by atoms with Crippen LogP contribution in [0.2, 0.25) is 0 Å². The number of piperazine rings is 1. The lowest BCUT2D eigenvalue weighted by Crippen LogP contribution is -2.53. The predicted molar refractivity (Wildman–Crippen MR) is 145 cm³/mol. The van der Waals surface area contributed by atoms with Crippen molar-refractivity contribution < 1.29 is 9.53 Å². The summed E-state index contributed by atoms with van der Waals surface area (Å²) in [5.41, 5.74) is 3.42. The topological polar surface area (TPSA) is 87.6 Å². The number of rotatable bonds is 6. The van der Waals surface area contributed by atoms with Gasteiger partial charge in [-0.05, 0) is 64.3 Å². The van der Waals surface area contributed by atoms with Crippen LogP contribution in [-0.4, -0.2) is 70.8 Å². The van der Waals surface area contributed by atoms with E-state index in [1.54, 1.807) is 25.5 Å². The van der Waals surface area contributed by atoms with Crippen LogP contribution < -0.4 is 14.7 Å². The molecule has 2 aliphatic heterocycles. The van der Waals surface area contributed by atoms with E-state index in [0.717, 1.165) is 73.4 Å². The van der Waals surface area contributed by atoms with E-state index in [0.29, 0.717) is 18.2 Å². The Morgan fingerprint density at radius 3 is 2.54 bits per heavy atom. The van der Waals surface area contributed by atoms with Crippen LogP contribution in [0.1, 0.15) is 49.5 Å². The standard InChI is InChI=1S/C28H35N7O2/c1-5-37-27(36)23-15-19(2)26(30-17-23)33-13-14-34(21(4)18-33)25-16-24(22-8-10-29-11-9-22)31-28(32-25)35-12-6-7-20(35)3/h8-11,15-17,20-21H,5-7,12-14,18H2,1-4H3. The van der Waals surface area contributed by atoms with Crippen molar-refractivity contribution in [2.24, 2.45) is 0 Å². The third-order valence-electron chi connectivity index (χ3n) is 7.27. The van der Waals surface area contributed by atoms with Gasteiger partial charge in [0.1, 0.15) is 11.6 Å². The Bertz CT molecular complexity index is 1250. The molecular formula is C28H35N7O2. The van der Waals surface area contributed by atoms with E-state index in [-0.39, 0.29) is 12.0 Å². The molecule has 9 heteroatoms. The summed E-state index contributed by atoms with van der Waals surface area (Å²) < 4.78 is 5.12. The zero-order chi connectivity index (χ0) is 25.9. The number of pyridine rings is 2. The minimum Gasteiger partial charge on any atom is -0.462 e. The molecular weight excluding hydrogens is 466 g/mol. The molecule has 37 heavy (non-hydrogen) atoms. The van der Waals surface area contributed by atoms with Gasteiger partial charge < -0.3 is 19.4 Å². The van der Waals surface area contributed by atoms with Crippen molar-refractivity contribution in [2.45, 2.75) is 52.6 Å². The van der Waals surface area contributed by atoms with Gasteiger partial charge in [-0.1, -0.05) is 0 Å². The molecule has 3 aromatic rings. The van der Waals surface area contributed by atoms with Gasteiger partial charge in [-0.3, -0.25) is 4.98 Å². The molecule has 2 atom stereocenters. The molecule has 9 nitrogen and oxygen atoms in total. The second-order valence-electron chi connectivity index (χ2n) is 9.91. The molecule has 0 radical (unpaired) electrons. The molecule has 0 N–H and O–H groups in total. The van der Waals surface area contributed by atoms with Gasteiger partial charge in [0.2, 0.25) is 5.95 Å². The normalized spacial score (nSPS) is 19.8. The lowest BCUT2D eigenvalue weighted by atomic mass is 10.1. The third-order valence-corrected chi connectivity index (χ3v) is 7.27. The Labute approximate surface area is 218 Å². The molecule has 0 aliphatic carbocycles. The zero-order valence-electron chi connectivity index (χ0n) is 22.1. The van der Waals surface area contributed by atoms with Crippen molar-refractivity contribution >= 4 is 23.6 Å². The van der Waals surface area contributed by atoms with Crippen LogP contribution >= 0.6 is 0 Å². The molecule has 0 aromatic carbocycles. The smallest absolute Gasteiger partial charge is 0.339 e. The maximum Gasteiger partial charge on any atom is 0.339 e. The Morgan fingerprint density at radius 2 is 1.86 bits per heavy atom. The largest absolute Gasteiger partial charge is 0.462 e. The monoisotopic (exact) mass is 501 g/mol. The number of hydrogen-bond donors (Lipinski definition) is 0. The molecule has 0 bridgehead atoms. The summed E-state index contributed by atoms with van der Waals surface area (Å²) in [6.45, 7) is 12.0. The third kappa shape index (κ3) is 5.21. The fourth-order valence-corrected chi connectivity index (χ4v) is 5.31. The van der Waals surface area contributed by atoms with E-state index in [4.69, 9.17) is 14.7 Å². The van der Waals surface area contributed by atoms with Crippen molar-refractivity contribution in [1.82, 2.24) is 19.9 Å². The molecule has 2 saturated heterocycles. The van der Waals surface area contributed by atoms with E-state index < -0.39 is 0 Å². The van der Waals surface area contributed by atoms with E-state index >= 15 is 0 Å². The maximum absolute atomic E-state index is 12.1. The van der Waals surface area contributed by atoms with Crippen molar-refractivity contribution in [1.29, 1.82) is 0 Å². The van der Waals surface area contributed by atoms with Gasteiger partial charge in [-0.2, -0.15) is 4.98 Å². The summed E-state index contributed by atoms with van der Waals surface area (Å²) >= 11 is 0. The average molecular weight is 502 g/mol. The first-order valence-corrected chi connectivity index (χ1v) is 13.2. The fourth-order valence-electron chi connectivity index (χ4n) is 5.31. The van der Waals surface area contributed by atoms with Crippen LogP contribution in [0.15, 0.2) is 42.9 Å². The van der Waals surface area contributed by atoms with Crippen LogP contribution in [0.3, 0.4) is 0 Å². The van der Waals surface area contributed by atoms with Crippen LogP contribution in [0.4, 0.5) is 17.6 Å². The molecule has 5 heterocycles. The minimum atomic E-state index is -0.334. The molecule has 2 fully saturated rings. The summed E-state index contributed by atoms with van der Waals surface area (Å²) in [6.07, 6.45) is 7.55. The Morgan fingerprint density at radius 1 is 1.05 bits per heavy atom. The maximum atomic E-state index is 12.1. The van der Waals surface area contributed by atoms with Gasteiger partial charge in [0, 0.05) is 68.5 Å². The first-order chi connectivity index (χ1) is 17.9. The summed E-state index contributed by atoms with van der Waals surface area (Å²) in [4.78, 5) is 37.9. The van der Waals surface area contributed by atoms with Gasteiger partial charge in [0.25, 0.3) is 0 Å². The number of carbonyl (C=O) groups excluding carboxylic acids is 1. The Kier molecular flexibility index (Phi) is 7.21. The van der Waals surface area contributed by atoms with Crippen molar-refractivity contribution in [3.63, 3.8) is 0 Å². The van der Waals surface area contributed by atoms with Crippen LogP contribution in [0.25, 0.3) is 11.3 Å². The molecule has 5 rings (SSSR count). The fraction of sp³-hybridized carbons (Fsp3) is 0.464. The molecule has 0 saturated carbocycles. The zero-order valence-corrected chi connectivity index (χ0v) is 22.1. The second-order valence-corrected chi connectivity index (χ2v) is 9.91. The number of aromatic nitrogens is 4. The number of nitrogens with zero attached hydrogens (tertiary/aromatic N) is 7. The predicted octanol–water partition coefficient (Wildman–Crippen LogP) is 4.12. The van der Waals surface area contributed by atoms with Crippen LogP contribution in [0.5, 0.6) is 0 Å². The Hall–Kier alpha value is -3.75. The number of esters is 1. The molecule has 0 spiro atoms. The Balaban J connectivity index is 1.40. The average Bonchev–Trinajstić information content (AvgIpc) is 3.34. The van der Waals surface area contributed by atoms with Gasteiger partial charge >= 0.3 is 5.97 Å². The summed E-state index contributed by atoms with van der Waals surface area (Å²) in [6, 6.07) is 8.61. The molecule has 0 amide bonds. The number of ether oxygens (including phenoxy) is 1. The van der Waals surface area contributed by atoms with Crippen molar-refractivity contribution in [2.75, 3.05) is 47.5 Å². The number of hydrogen-bond acceptors (Lipinski definition) is 9. The second kappa shape index (κ2) is 10.7. The highest BCUT2D eigenvalue weighted by Gasteiger charge is 2.29. The number of carbonyl (C=O) groups is 1. The molecule has 194 valence electrons. The van der Waals surface area contributed by atoms with Gasteiger partial charge in [0.15, 0.2) is 0 Å². The quantitative estimate of drug-likeness (QED) is 0.463. The number of aryl methyl sites for hydroxylation is 1. The highest BCUT2D eigenvalue weighted by atomic mass is 16.5. The lowest BCUT2D eigenvalue weighted by molar-refractivity contribution is 0.0526. The molecule has 2 aliphatic rings. The highest BCUT2D eigenvalue weighted by molar-refractivity contribution is 5.89. The summed E-state index contributed by atoms with van der Waals surface area (Å²) in [5.74, 6) is 2.33. The van der Waals surface area contributed by atoms with Crippen molar-refractivity contribution in [3.8, 4) is 11.3 Å². The summed E-state index contributed by atoms with van der Waals surface area (Å²) in [7, 11) is 0. The van der Waals surface area contributed by atoms with E-state index in [2.05, 4.69) is 44.6 Å². The van der Waals surface area contributed by atoms with E-state index in [1.807, 2.05) is 25.1 Å². The van der Waals surface area contributed by atoms with Crippen LogP contribution in [-0.2, 0) is 4.74 Å². The summed E-state index contributed by atoms with van der Waals surface area (Å²) in [5, 5.41) is 0. The minimum absolute atomic E-state index is 0.212. The van der Waals surface area contributed by atoms with E-state index in [1.165, 1.54) is 0 Å². The number of anilines is 3. The molecule has 2 unspecified atom stereocenters. The van der Waals surface area contributed by atoms with Crippen molar-refractivity contribution in [3.05, 3.63) is 54.0 Å². The first kappa shape index (κ1) is 24.9. The SMILES string of the molecule is CCOC(=O)c1cnc(N2CCN(c3cc(-c4ccncc4)nc(N4CCCC4C)n3)C(C)C2)c(C)c1. The highest BCUT2D eigenvalue weighted by Crippen LogP contribution is 2.31.